The molecule has 0 aliphatic carbocycles. The lowest BCUT2D eigenvalue weighted by Crippen LogP contribution is -1.97. The number of nitrogens with zero attached hydrogens (tertiary/aromatic N) is 4. The standard InChI is InChI=1S/C23H17N5O2/c1-15-25-21-13-16(7-9-23(21)27(15)17-5-3-2-4-6-17)26-20-8-10-22(28(29)30)19-14-24-12-11-18(19)20/h2-14,26H,1H3. The summed E-state index contributed by atoms with van der Waals surface area (Å²) in [5.74, 6) is 0.903. The van der Waals surface area contributed by atoms with Crippen LogP contribution in [0.15, 0.2) is 79.1 Å². The van der Waals surface area contributed by atoms with Crippen LogP contribution in [0.4, 0.5) is 17.1 Å². The average molecular weight is 395 g/mol. The molecule has 0 aliphatic rings. The van der Waals surface area contributed by atoms with Crippen LogP contribution in [0.5, 0.6) is 0 Å². The number of hydrogen-bond donors (Lipinski definition) is 1. The molecule has 0 saturated heterocycles. The topological polar surface area (TPSA) is 85.9 Å². The van der Waals surface area contributed by atoms with Gasteiger partial charge in [0.15, 0.2) is 0 Å². The normalized spacial score (nSPS) is 11.1. The number of hydrogen-bond acceptors (Lipinski definition) is 5. The van der Waals surface area contributed by atoms with Gasteiger partial charge in [-0.1, -0.05) is 18.2 Å². The molecule has 0 unspecified atom stereocenters. The Morgan fingerprint density at radius 3 is 2.63 bits per heavy atom. The molecular weight excluding hydrogens is 378 g/mol. The Hall–Kier alpha value is -4.26. The summed E-state index contributed by atoms with van der Waals surface area (Å²) in [6.07, 6.45) is 3.15. The monoisotopic (exact) mass is 395 g/mol. The minimum absolute atomic E-state index is 0.0383. The molecule has 0 bridgehead atoms. The highest BCUT2D eigenvalue weighted by atomic mass is 16.6. The molecule has 0 radical (unpaired) electrons. The van der Waals surface area contributed by atoms with E-state index in [-0.39, 0.29) is 5.69 Å². The predicted octanol–water partition coefficient (Wildman–Crippen LogP) is 5.53. The Morgan fingerprint density at radius 2 is 1.83 bits per heavy atom. The number of imidazole rings is 1. The molecule has 0 saturated carbocycles. The summed E-state index contributed by atoms with van der Waals surface area (Å²) < 4.78 is 2.12. The van der Waals surface area contributed by atoms with E-state index in [1.165, 1.54) is 12.3 Å². The molecule has 146 valence electrons. The van der Waals surface area contributed by atoms with Crippen molar-refractivity contribution >= 4 is 38.9 Å². The van der Waals surface area contributed by atoms with E-state index >= 15 is 0 Å². The van der Waals surface area contributed by atoms with Gasteiger partial charge in [-0.15, -0.1) is 0 Å². The second kappa shape index (κ2) is 6.97. The molecule has 0 atom stereocenters. The number of aromatic nitrogens is 3. The fourth-order valence-electron chi connectivity index (χ4n) is 3.78. The fourth-order valence-corrected chi connectivity index (χ4v) is 3.78. The molecule has 0 aliphatic heterocycles. The second-order valence-electron chi connectivity index (χ2n) is 6.97. The van der Waals surface area contributed by atoms with E-state index in [9.17, 15) is 10.1 Å². The number of para-hydroxylation sites is 1. The Kier molecular flexibility index (Phi) is 4.14. The van der Waals surface area contributed by atoms with Crippen molar-refractivity contribution in [1.82, 2.24) is 14.5 Å². The lowest BCUT2D eigenvalue weighted by molar-refractivity contribution is -0.383. The number of nitro groups is 1. The first-order chi connectivity index (χ1) is 14.6. The highest BCUT2D eigenvalue weighted by Crippen LogP contribution is 2.33. The van der Waals surface area contributed by atoms with Gasteiger partial charge in [0, 0.05) is 40.9 Å². The Labute approximate surface area is 171 Å². The highest BCUT2D eigenvalue weighted by molar-refractivity contribution is 6.00. The first-order valence-electron chi connectivity index (χ1n) is 9.44. The third kappa shape index (κ3) is 2.93. The van der Waals surface area contributed by atoms with E-state index in [4.69, 9.17) is 4.98 Å². The van der Waals surface area contributed by atoms with Crippen LogP contribution >= 0.6 is 0 Å². The van der Waals surface area contributed by atoms with Crippen LogP contribution in [-0.2, 0) is 0 Å². The van der Waals surface area contributed by atoms with Gasteiger partial charge in [-0.2, -0.15) is 0 Å². The lowest BCUT2D eigenvalue weighted by Gasteiger charge is -2.11. The van der Waals surface area contributed by atoms with Gasteiger partial charge in [-0.25, -0.2) is 4.98 Å². The molecule has 0 spiro atoms. The highest BCUT2D eigenvalue weighted by Gasteiger charge is 2.15. The van der Waals surface area contributed by atoms with E-state index in [0.29, 0.717) is 5.39 Å². The van der Waals surface area contributed by atoms with Crippen molar-refractivity contribution in [2.75, 3.05) is 5.32 Å². The number of nitrogens with one attached hydrogen (secondary N) is 1. The Bertz CT molecular complexity index is 1410. The third-order valence-electron chi connectivity index (χ3n) is 5.11. The Balaban J connectivity index is 1.57. The molecule has 2 aromatic heterocycles. The summed E-state index contributed by atoms with van der Waals surface area (Å²) in [7, 11) is 0. The molecule has 7 nitrogen and oxygen atoms in total. The molecule has 0 amide bonds. The molecule has 5 rings (SSSR count). The maximum Gasteiger partial charge on any atom is 0.278 e. The van der Waals surface area contributed by atoms with E-state index in [1.54, 1.807) is 18.3 Å². The van der Waals surface area contributed by atoms with Crippen molar-refractivity contribution in [2.45, 2.75) is 6.92 Å². The number of non-ortho nitro benzene ring substituents is 1. The van der Waals surface area contributed by atoms with Crippen molar-refractivity contribution in [1.29, 1.82) is 0 Å². The third-order valence-corrected chi connectivity index (χ3v) is 5.11. The molecule has 2 heterocycles. The van der Waals surface area contributed by atoms with Gasteiger partial charge in [-0.05, 0) is 49.4 Å². The first-order valence-corrected chi connectivity index (χ1v) is 9.44. The summed E-state index contributed by atoms with van der Waals surface area (Å²) in [4.78, 5) is 19.7. The maximum absolute atomic E-state index is 11.3. The van der Waals surface area contributed by atoms with Gasteiger partial charge >= 0.3 is 0 Å². The second-order valence-corrected chi connectivity index (χ2v) is 6.97. The number of rotatable bonds is 4. The van der Waals surface area contributed by atoms with Crippen molar-refractivity contribution < 1.29 is 4.92 Å². The fraction of sp³-hybridized carbons (Fsp3) is 0.0435. The molecule has 0 fully saturated rings. The van der Waals surface area contributed by atoms with Crippen molar-refractivity contribution in [3.8, 4) is 5.69 Å². The van der Waals surface area contributed by atoms with Crippen LogP contribution in [-0.4, -0.2) is 19.5 Å². The summed E-state index contributed by atoms with van der Waals surface area (Å²) in [6.45, 7) is 1.98. The summed E-state index contributed by atoms with van der Waals surface area (Å²) in [5.41, 5.74) is 4.61. The van der Waals surface area contributed by atoms with E-state index in [1.807, 2.05) is 43.3 Å². The van der Waals surface area contributed by atoms with Gasteiger partial charge in [0.1, 0.15) is 5.82 Å². The molecule has 5 aromatic rings. The van der Waals surface area contributed by atoms with Crippen molar-refractivity contribution in [3.05, 3.63) is 95.1 Å². The predicted molar refractivity (Wildman–Crippen MR) is 117 cm³/mol. The first kappa shape index (κ1) is 17.8. The lowest BCUT2D eigenvalue weighted by atomic mass is 10.1. The zero-order valence-electron chi connectivity index (χ0n) is 16.1. The van der Waals surface area contributed by atoms with Crippen LogP contribution in [0.1, 0.15) is 5.82 Å². The van der Waals surface area contributed by atoms with Gasteiger partial charge < -0.3 is 5.32 Å². The van der Waals surface area contributed by atoms with Crippen molar-refractivity contribution in [2.24, 2.45) is 0 Å². The van der Waals surface area contributed by atoms with E-state index < -0.39 is 4.92 Å². The number of anilines is 2. The largest absolute Gasteiger partial charge is 0.355 e. The van der Waals surface area contributed by atoms with Gasteiger partial charge in [-0.3, -0.25) is 19.7 Å². The number of nitro benzene ring substituents is 1. The van der Waals surface area contributed by atoms with Crippen molar-refractivity contribution in [3.63, 3.8) is 0 Å². The van der Waals surface area contributed by atoms with Gasteiger partial charge in [0.05, 0.1) is 21.3 Å². The van der Waals surface area contributed by atoms with Crippen LogP contribution < -0.4 is 5.32 Å². The van der Waals surface area contributed by atoms with Gasteiger partial charge in [0.2, 0.25) is 0 Å². The number of fused-ring (bicyclic) bond motifs is 2. The summed E-state index contributed by atoms with van der Waals surface area (Å²) in [6, 6.07) is 21.1. The average Bonchev–Trinajstić information content (AvgIpc) is 3.09. The molecule has 3 aromatic carbocycles. The van der Waals surface area contributed by atoms with Crippen LogP contribution in [0, 0.1) is 17.0 Å². The molecule has 1 N–H and O–H groups in total. The summed E-state index contributed by atoms with van der Waals surface area (Å²) >= 11 is 0. The van der Waals surface area contributed by atoms with Gasteiger partial charge in [0.25, 0.3) is 5.69 Å². The van der Waals surface area contributed by atoms with Crippen LogP contribution in [0.3, 0.4) is 0 Å². The quantitative estimate of drug-likeness (QED) is 0.319. The zero-order chi connectivity index (χ0) is 20.7. The smallest absolute Gasteiger partial charge is 0.278 e. The minimum atomic E-state index is -0.390. The zero-order valence-corrected chi connectivity index (χ0v) is 16.1. The summed E-state index contributed by atoms with van der Waals surface area (Å²) in [5, 5.41) is 15.9. The van der Waals surface area contributed by atoms with Crippen LogP contribution in [0.2, 0.25) is 0 Å². The number of aryl methyl sites for hydroxylation is 1. The van der Waals surface area contributed by atoms with E-state index in [0.717, 1.165) is 39.3 Å². The Morgan fingerprint density at radius 1 is 1.00 bits per heavy atom. The number of benzene rings is 3. The molecule has 30 heavy (non-hydrogen) atoms. The molecule has 7 heteroatoms. The number of pyridine rings is 1. The van der Waals surface area contributed by atoms with E-state index in [2.05, 4.69) is 27.0 Å². The van der Waals surface area contributed by atoms with Crippen LogP contribution in [0.25, 0.3) is 27.5 Å². The molecular formula is C23H17N5O2. The SMILES string of the molecule is Cc1nc2cc(Nc3ccc([N+](=O)[O-])c4cnccc34)ccc2n1-c1ccccc1. The minimum Gasteiger partial charge on any atom is -0.355 e. The maximum atomic E-state index is 11.3.